The number of halogens is 1. The molecule has 0 aromatic heterocycles. The van der Waals surface area contributed by atoms with Crippen LogP contribution in [0.3, 0.4) is 0 Å². The SMILES string of the molecule is CCN(c1ccccc1)S(=O)(=O)c1cccc(C(=O)N2CCCC(N)C2)c1.Cl. The van der Waals surface area contributed by atoms with E-state index in [9.17, 15) is 13.2 Å². The molecule has 1 aliphatic rings. The van der Waals surface area contributed by atoms with Gasteiger partial charge < -0.3 is 10.6 Å². The molecule has 8 heteroatoms. The maximum atomic E-state index is 13.1. The summed E-state index contributed by atoms with van der Waals surface area (Å²) < 4.78 is 27.6. The van der Waals surface area contributed by atoms with Gasteiger partial charge in [-0.15, -0.1) is 12.4 Å². The normalized spacial score (nSPS) is 16.9. The number of anilines is 1. The minimum absolute atomic E-state index is 0. The van der Waals surface area contributed by atoms with Crippen LogP contribution < -0.4 is 10.0 Å². The summed E-state index contributed by atoms with van der Waals surface area (Å²) in [4.78, 5) is 14.6. The van der Waals surface area contributed by atoms with Crippen LogP contribution in [0, 0.1) is 0 Å². The van der Waals surface area contributed by atoms with Crippen LogP contribution in [-0.2, 0) is 10.0 Å². The number of likely N-dealkylation sites (tertiary alicyclic amines) is 1. The number of carbonyl (C=O) groups is 1. The van der Waals surface area contributed by atoms with Crippen LogP contribution in [0.5, 0.6) is 0 Å². The second kappa shape index (κ2) is 9.41. The van der Waals surface area contributed by atoms with Gasteiger partial charge in [0.15, 0.2) is 0 Å². The van der Waals surface area contributed by atoms with Gasteiger partial charge in [0.1, 0.15) is 0 Å². The molecule has 0 bridgehead atoms. The van der Waals surface area contributed by atoms with Crippen molar-refractivity contribution in [1.82, 2.24) is 4.90 Å². The van der Waals surface area contributed by atoms with Gasteiger partial charge in [0, 0.05) is 31.2 Å². The summed E-state index contributed by atoms with van der Waals surface area (Å²) in [5, 5.41) is 0. The number of rotatable bonds is 5. The number of sulfonamides is 1. The predicted molar refractivity (Wildman–Crippen MR) is 113 cm³/mol. The third-order valence-corrected chi connectivity index (χ3v) is 6.64. The molecule has 1 amide bonds. The number of para-hydroxylation sites is 1. The highest BCUT2D eigenvalue weighted by atomic mass is 35.5. The van der Waals surface area contributed by atoms with Gasteiger partial charge in [0.05, 0.1) is 10.6 Å². The third-order valence-electron chi connectivity index (χ3n) is 4.75. The Kier molecular flexibility index (Phi) is 7.46. The number of nitrogens with zero attached hydrogens (tertiary/aromatic N) is 2. The van der Waals surface area contributed by atoms with Crippen LogP contribution in [0.2, 0.25) is 0 Å². The van der Waals surface area contributed by atoms with Gasteiger partial charge in [-0.25, -0.2) is 8.42 Å². The molecule has 1 saturated heterocycles. The molecule has 6 nitrogen and oxygen atoms in total. The van der Waals surface area contributed by atoms with E-state index in [1.807, 2.05) is 6.07 Å². The Labute approximate surface area is 172 Å². The quantitative estimate of drug-likeness (QED) is 0.801. The molecule has 152 valence electrons. The molecule has 1 aliphatic heterocycles. The number of piperidine rings is 1. The molecule has 1 atom stereocenters. The van der Waals surface area contributed by atoms with Crippen molar-refractivity contribution in [2.75, 3.05) is 23.9 Å². The van der Waals surface area contributed by atoms with E-state index < -0.39 is 10.0 Å². The molecule has 0 aliphatic carbocycles. The fourth-order valence-electron chi connectivity index (χ4n) is 3.38. The highest BCUT2D eigenvalue weighted by Gasteiger charge is 2.26. The highest BCUT2D eigenvalue weighted by Crippen LogP contribution is 2.24. The van der Waals surface area contributed by atoms with Gasteiger partial charge in [-0.1, -0.05) is 24.3 Å². The zero-order chi connectivity index (χ0) is 19.4. The zero-order valence-electron chi connectivity index (χ0n) is 15.8. The van der Waals surface area contributed by atoms with Crippen LogP contribution in [-0.4, -0.2) is 44.9 Å². The molecule has 28 heavy (non-hydrogen) atoms. The van der Waals surface area contributed by atoms with Crippen LogP contribution in [0.4, 0.5) is 5.69 Å². The highest BCUT2D eigenvalue weighted by molar-refractivity contribution is 7.92. The number of hydrogen-bond acceptors (Lipinski definition) is 4. The lowest BCUT2D eigenvalue weighted by Crippen LogP contribution is -2.45. The van der Waals surface area contributed by atoms with E-state index in [1.54, 1.807) is 48.2 Å². The molecule has 3 rings (SSSR count). The molecule has 0 radical (unpaired) electrons. The van der Waals surface area contributed by atoms with Gasteiger partial charge in [-0.2, -0.15) is 0 Å². The first-order valence-corrected chi connectivity index (χ1v) is 10.6. The summed E-state index contributed by atoms with van der Waals surface area (Å²) in [6, 6.07) is 15.2. The van der Waals surface area contributed by atoms with Crippen LogP contribution in [0.15, 0.2) is 59.5 Å². The maximum absolute atomic E-state index is 13.1. The first-order chi connectivity index (χ1) is 12.9. The Balaban J connectivity index is 0.00000280. The first-order valence-electron chi connectivity index (χ1n) is 9.16. The lowest BCUT2D eigenvalue weighted by Gasteiger charge is -2.31. The van der Waals surface area contributed by atoms with Gasteiger partial charge >= 0.3 is 0 Å². The average molecular weight is 424 g/mol. The van der Waals surface area contributed by atoms with Crippen LogP contribution >= 0.6 is 12.4 Å². The smallest absolute Gasteiger partial charge is 0.264 e. The standard InChI is InChI=1S/C20H25N3O3S.ClH/c1-2-23(18-10-4-3-5-11-18)27(25,26)19-12-6-8-16(14-19)20(24)22-13-7-9-17(21)15-22;/h3-6,8,10-12,14,17H,2,7,9,13,15,21H2,1H3;1H. The molecular weight excluding hydrogens is 398 g/mol. The second-order valence-corrected chi connectivity index (χ2v) is 8.55. The fourth-order valence-corrected chi connectivity index (χ4v) is 4.90. The number of nitrogens with two attached hydrogens (primary N) is 1. The lowest BCUT2D eigenvalue weighted by molar-refractivity contribution is 0.0708. The van der Waals surface area contributed by atoms with Gasteiger partial charge in [-0.05, 0) is 50.1 Å². The van der Waals surface area contributed by atoms with Crippen molar-refractivity contribution in [3.63, 3.8) is 0 Å². The van der Waals surface area contributed by atoms with Crippen molar-refractivity contribution in [3.8, 4) is 0 Å². The summed E-state index contributed by atoms with van der Waals surface area (Å²) >= 11 is 0. The predicted octanol–water partition coefficient (Wildman–Crippen LogP) is 2.89. The molecule has 1 unspecified atom stereocenters. The van der Waals surface area contributed by atoms with E-state index in [-0.39, 0.29) is 29.3 Å². The number of benzene rings is 2. The molecule has 0 spiro atoms. The van der Waals surface area contributed by atoms with Gasteiger partial charge in [0.25, 0.3) is 15.9 Å². The van der Waals surface area contributed by atoms with Crippen molar-refractivity contribution < 1.29 is 13.2 Å². The van der Waals surface area contributed by atoms with Crippen molar-refractivity contribution in [2.45, 2.75) is 30.7 Å². The average Bonchev–Trinajstić information content (AvgIpc) is 2.69. The Bertz CT molecular complexity index is 906. The summed E-state index contributed by atoms with van der Waals surface area (Å²) in [7, 11) is -3.76. The summed E-state index contributed by atoms with van der Waals surface area (Å²) in [5.74, 6) is -0.176. The van der Waals surface area contributed by atoms with Crippen molar-refractivity contribution >= 4 is 34.0 Å². The topological polar surface area (TPSA) is 83.7 Å². The van der Waals surface area contributed by atoms with E-state index in [2.05, 4.69) is 0 Å². The second-order valence-electron chi connectivity index (χ2n) is 6.69. The Hall–Kier alpha value is -2.09. The van der Waals surface area contributed by atoms with Gasteiger partial charge in [0.2, 0.25) is 0 Å². The van der Waals surface area contributed by atoms with E-state index >= 15 is 0 Å². The summed E-state index contributed by atoms with van der Waals surface area (Å²) in [6.45, 7) is 3.23. The minimum Gasteiger partial charge on any atom is -0.337 e. The Morgan fingerprint density at radius 2 is 1.89 bits per heavy atom. The summed E-state index contributed by atoms with van der Waals surface area (Å²) in [5.41, 5.74) is 6.93. The Morgan fingerprint density at radius 1 is 1.18 bits per heavy atom. The van der Waals surface area contributed by atoms with E-state index in [1.165, 1.54) is 16.4 Å². The molecule has 0 saturated carbocycles. The maximum Gasteiger partial charge on any atom is 0.264 e. The first kappa shape index (κ1) is 22.2. The molecule has 1 heterocycles. The monoisotopic (exact) mass is 423 g/mol. The fraction of sp³-hybridized carbons (Fsp3) is 0.350. The van der Waals surface area contributed by atoms with E-state index in [0.717, 1.165) is 12.8 Å². The number of amides is 1. The van der Waals surface area contributed by atoms with Crippen LogP contribution in [0.1, 0.15) is 30.1 Å². The molecule has 2 aromatic carbocycles. The molecular formula is C20H26ClN3O3S. The van der Waals surface area contributed by atoms with Crippen LogP contribution in [0.25, 0.3) is 0 Å². The zero-order valence-corrected chi connectivity index (χ0v) is 17.5. The molecule has 1 fully saturated rings. The summed E-state index contributed by atoms with van der Waals surface area (Å²) in [6.07, 6.45) is 1.77. The van der Waals surface area contributed by atoms with E-state index in [4.69, 9.17) is 5.73 Å². The largest absolute Gasteiger partial charge is 0.337 e. The molecule has 2 aromatic rings. The number of carbonyl (C=O) groups excluding carboxylic acids is 1. The van der Waals surface area contributed by atoms with Crippen molar-refractivity contribution in [3.05, 3.63) is 60.2 Å². The van der Waals surface area contributed by atoms with E-state index in [0.29, 0.717) is 30.9 Å². The minimum atomic E-state index is -3.76. The third kappa shape index (κ3) is 4.66. The Morgan fingerprint density at radius 3 is 2.54 bits per heavy atom. The van der Waals surface area contributed by atoms with Crippen molar-refractivity contribution in [1.29, 1.82) is 0 Å². The number of hydrogen-bond donors (Lipinski definition) is 1. The van der Waals surface area contributed by atoms with Gasteiger partial charge in [-0.3, -0.25) is 9.10 Å². The molecule has 2 N–H and O–H groups in total. The lowest BCUT2D eigenvalue weighted by atomic mass is 10.1. The van der Waals surface area contributed by atoms with Crippen molar-refractivity contribution in [2.24, 2.45) is 5.73 Å².